The molecular weight excluding hydrogens is 274 g/mol. The van der Waals surface area contributed by atoms with Crippen LogP contribution in [0.25, 0.3) is 0 Å². The molecule has 0 amide bonds. The zero-order valence-electron chi connectivity index (χ0n) is 11.7. The van der Waals surface area contributed by atoms with E-state index in [0.29, 0.717) is 22.6 Å². The zero-order chi connectivity index (χ0) is 15.4. The summed E-state index contributed by atoms with van der Waals surface area (Å²) in [6, 6.07) is 10.5. The number of hydrogen-bond acceptors (Lipinski definition) is 3. The highest BCUT2D eigenvalue weighted by Crippen LogP contribution is 2.29. The van der Waals surface area contributed by atoms with Crippen LogP contribution in [0.15, 0.2) is 36.4 Å². The van der Waals surface area contributed by atoms with Gasteiger partial charge >= 0.3 is 0 Å². The maximum Gasteiger partial charge on any atom is 0.159 e. The molecular formula is C16H14F2N2O. The van der Waals surface area contributed by atoms with E-state index < -0.39 is 11.6 Å². The predicted octanol–water partition coefficient (Wildman–Crippen LogP) is 4.02. The van der Waals surface area contributed by atoms with Crippen LogP contribution in [0.4, 0.5) is 14.5 Å². The molecule has 0 spiro atoms. The van der Waals surface area contributed by atoms with Gasteiger partial charge in [-0.25, -0.2) is 8.78 Å². The van der Waals surface area contributed by atoms with Gasteiger partial charge in [-0.1, -0.05) is 6.07 Å². The Labute approximate surface area is 121 Å². The number of benzene rings is 2. The maximum atomic E-state index is 13.3. The number of nitrogens with zero attached hydrogens (tertiary/aromatic N) is 1. The molecule has 0 aliphatic heterocycles. The minimum Gasteiger partial charge on any atom is -0.495 e. The summed E-state index contributed by atoms with van der Waals surface area (Å²) in [5.41, 5.74) is 1.77. The first-order valence-corrected chi connectivity index (χ1v) is 6.34. The SMILES string of the molecule is COc1cc(C#N)ccc1NC(C)c1ccc(F)c(F)c1. The number of nitrogens with one attached hydrogen (secondary N) is 1. The number of nitriles is 1. The molecule has 108 valence electrons. The summed E-state index contributed by atoms with van der Waals surface area (Å²) in [5, 5.41) is 12.0. The standard InChI is InChI=1S/C16H14F2N2O/c1-10(12-4-5-13(17)14(18)8-12)20-15-6-3-11(9-19)7-16(15)21-2/h3-8,10,20H,1-2H3. The van der Waals surface area contributed by atoms with E-state index in [2.05, 4.69) is 5.32 Å². The van der Waals surface area contributed by atoms with Gasteiger partial charge in [0.1, 0.15) is 5.75 Å². The molecule has 5 heteroatoms. The summed E-state index contributed by atoms with van der Waals surface area (Å²) in [4.78, 5) is 0. The van der Waals surface area contributed by atoms with Gasteiger partial charge in [0.05, 0.1) is 24.4 Å². The summed E-state index contributed by atoms with van der Waals surface area (Å²) >= 11 is 0. The number of methoxy groups -OCH3 is 1. The van der Waals surface area contributed by atoms with Crippen LogP contribution in [0.5, 0.6) is 5.75 Å². The summed E-state index contributed by atoms with van der Waals surface area (Å²) in [5.74, 6) is -1.24. The lowest BCUT2D eigenvalue weighted by atomic mass is 10.1. The monoisotopic (exact) mass is 288 g/mol. The Morgan fingerprint density at radius 3 is 2.52 bits per heavy atom. The molecule has 21 heavy (non-hydrogen) atoms. The van der Waals surface area contributed by atoms with Crippen molar-refractivity contribution in [2.24, 2.45) is 0 Å². The van der Waals surface area contributed by atoms with Crippen molar-refractivity contribution in [3.63, 3.8) is 0 Å². The molecule has 0 radical (unpaired) electrons. The van der Waals surface area contributed by atoms with Crippen molar-refractivity contribution >= 4 is 5.69 Å². The maximum absolute atomic E-state index is 13.3. The normalized spacial score (nSPS) is 11.6. The molecule has 0 aliphatic rings. The van der Waals surface area contributed by atoms with Gasteiger partial charge in [-0.3, -0.25) is 0 Å². The van der Waals surface area contributed by atoms with Gasteiger partial charge in [-0.15, -0.1) is 0 Å². The Morgan fingerprint density at radius 2 is 1.90 bits per heavy atom. The molecule has 0 saturated carbocycles. The first-order chi connectivity index (χ1) is 10.0. The number of hydrogen-bond donors (Lipinski definition) is 1. The van der Waals surface area contributed by atoms with E-state index in [1.54, 1.807) is 18.2 Å². The molecule has 1 N–H and O–H groups in total. The average Bonchev–Trinajstić information content (AvgIpc) is 2.50. The third-order valence-corrected chi connectivity index (χ3v) is 3.15. The van der Waals surface area contributed by atoms with E-state index in [1.807, 2.05) is 13.0 Å². The molecule has 2 aromatic rings. The second-order valence-electron chi connectivity index (χ2n) is 4.57. The fourth-order valence-electron chi connectivity index (χ4n) is 1.98. The van der Waals surface area contributed by atoms with Crippen LogP contribution in [-0.4, -0.2) is 7.11 Å². The van der Waals surface area contributed by atoms with Crippen LogP contribution >= 0.6 is 0 Å². The Kier molecular flexibility index (Phi) is 4.39. The van der Waals surface area contributed by atoms with Gasteiger partial charge < -0.3 is 10.1 Å². The largest absolute Gasteiger partial charge is 0.495 e. The first-order valence-electron chi connectivity index (χ1n) is 6.34. The number of rotatable bonds is 4. The zero-order valence-corrected chi connectivity index (χ0v) is 11.7. The molecule has 0 aliphatic carbocycles. The topological polar surface area (TPSA) is 45.0 Å². The predicted molar refractivity (Wildman–Crippen MR) is 76.1 cm³/mol. The van der Waals surface area contributed by atoms with Crippen molar-refractivity contribution in [2.75, 3.05) is 12.4 Å². The lowest BCUT2D eigenvalue weighted by Gasteiger charge is -2.18. The van der Waals surface area contributed by atoms with E-state index in [0.717, 1.165) is 12.1 Å². The van der Waals surface area contributed by atoms with Crippen LogP contribution in [0.3, 0.4) is 0 Å². The summed E-state index contributed by atoms with van der Waals surface area (Å²) in [6.45, 7) is 1.82. The fourth-order valence-corrected chi connectivity index (χ4v) is 1.98. The van der Waals surface area contributed by atoms with E-state index in [9.17, 15) is 8.78 Å². The van der Waals surface area contributed by atoms with Gasteiger partial charge in [-0.2, -0.15) is 5.26 Å². The highest BCUT2D eigenvalue weighted by molar-refractivity contribution is 5.60. The summed E-state index contributed by atoms with van der Waals surface area (Å²) in [6.07, 6.45) is 0. The van der Waals surface area contributed by atoms with Crippen molar-refractivity contribution < 1.29 is 13.5 Å². The highest BCUT2D eigenvalue weighted by atomic mass is 19.2. The van der Waals surface area contributed by atoms with Gasteiger partial charge in [0.15, 0.2) is 11.6 Å². The van der Waals surface area contributed by atoms with Gasteiger partial charge in [0.25, 0.3) is 0 Å². The molecule has 1 unspecified atom stereocenters. The van der Waals surface area contributed by atoms with Crippen LogP contribution in [0.2, 0.25) is 0 Å². The molecule has 0 bridgehead atoms. The van der Waals surface area contributed by atoms with Crippen LogP contribution < -0.4 is 10.1 Å². The number of halogens is 2. The molecule has 0 fully saturated rings. The quantitative estimate of drug-likeness (QED) is 0.924. The van der Waals surface area contributed by atoms with Gasteiger partial charge in [0, 0.05) is 12.1 Å². The van der Waals surface area contributed by atoms with Crippen LogP contribution in [-0.2, 0) is 0 Å². The molecule has 2 rings (SSSR count). The average molecular weight is 288 g/mol. The molecule has 3 nitrogen and oxygen atoms in total. The Hall–Kier alpha value is -2.61. The Morgan fingerprint density at radius 1 is 1.14 bits per heavy atom. The van der Waals surface area contributed by atoms with Crippen molar-refractivity contribution in [1.82, 2.24) is 0 Å². The van der Waals surface area contributed by atoms with Gasteiger partial charge in [0.2, 0.25) is 0 Å². The van der Waals surface area contributed by atoms with Gasteiger partial charge in [-0.05, 0) is 36.8 Å². The molecule has 2 aromatic carbocycles. The summed E-state index contributed by atoms with van der Waals surface area (Å²) in [7, 11) is 1.50. The first kappa shape index (κ1) is 14.8. The second kappa shape index (κ2) is 6.23. The highest BCUT2D eigenvalue weighted by Gasteiger charge is 2.12. The van der Waals surface area contributed by atoms with E-state index >= 15 is 0 Å². The van der Waals surface area contributed by atoms with Crippen molar-refractivity contribution in [2.45, 2.75) is 13.0 Å². The van der Waals surface area contributed by atoms with Crippen molar-refractivity contribution in [3.05, 3.63) is 59.2 Å². The molecule has 0 aromatic heterocycles. The number of anilines is 1. The lowest BCUT2D eigenvalue weighted by Crippen LogP contribution is -2.08. The molecule has 0 saturated heterocycles. The van der Waals surface area contributed by atoms with Crippen LogP contribution in [0.1, 0.15) is 24.1 Å². The Bertz CT molecular complexity index is 695. The molecule has 0 heterocycles. The third-order valence-electron chi connectivity index (χ3n) is 3.15. The minimum absolute atomic E-state index is 0.248. The Balaban J connectivity index is 2.25. The second-order valence-corrected chi connectivity index (χ2v) is 4.57. The van der Waals surface area contributed by atoms with Crippen molar-refractivity contribution in [3.8, 4) is 11.8 Å². The fraction of sp³-hybridized carbons (Fsp3) is 0.188. The minimum atomic E-state index is -0.882. The third kappa shape index (κ3) is 3.29. The molecule has 1 atom stereocenters. The van der Waals surface area contributed by atoms with E-state index in [4.69, 9.17) is 10.00 Å². The summed E-state index contributed by atoms with van der Waals surface area (Å²) < 4.78 is 31.4. The van der Waals surface area contributed by atoms with E-state index in [1.165, 1.54) is 13.2 Å². The van der Waals surface area contributed by atoms with E-state index in [-0.39, 0.29) is 6.04 Å². The lowest BCUT2D eigenvalue weighted by molar-refractivity contribution is 0.416. The smallest absolute Gasteiger partial charge is 0.159 e. The number of ether oxygens (including phenoxy) is 1. The van der Waals surface area contributed by atoms with Crippen LogP contribution in [0, 0.1) is 23.0 Å². The van der Waals surface area contributed by atoms with Crippen molar-refractivity contribution in [1.29, 1.82) is 5.26 Å².